The second-order valence-corrected chi connectivity index (χ2v) is 4.15. The van der Waals surface area contributed by atoms with Gasteiger partial charge in [0.2, 0.25) is 0 Å². The molecular formula is C15H14NO2-. The highest BCUT2D eigenvalue weighted by atomic mass is 16.4. The first kappa shape index (κ1) is 12.2. The minimum absolute atomic E-state index is 0.0700. The fraction of sp³-hybridized carbons (Fsp3) is 0.133. The Hall–Kier alpha value is -2.29. The van der Waals surface area contributed by atoms with Gasteiger partial charge in [0.15, 0.2) is 0 Å². The molecule has 3 heteroatoms. The molecule has 0 heterocycles. The predicted molar refractivity (Wildman–Crippen MR) is 69.0 cm³/mol. The van der Waals surface area contributed by atoms with Crippen molar-refractivity contribution in [1.29, 1.82) is 0 Å². The second kappa shape index (κ2) is 5.36. The topological polar surface area (TPSA) is 66.2 Å². The van der Waals surface area contributed by atoms with Gasteiger partial charge in [-0.15, -0.1) is 0 Å². The van der Waals surface area contributed by atoms with E-state index in [0.717, 1.165) is 18.4 Å². The molecule has 0 spiro atoms. The zero-order valence-corrected chi connectivity index (χ0v) is 9.93. The number of carboxylic acids is 1. The fourth-order valence-corrected chi connectivity index (χ4v) is 1.93. The standard InChI is InChI=1S/C15H15NO2/c16-14-12(7-4-8-13(14)15(17)18)10-9-11-5-2-1-3-6-11/h1-8H,9-10,16H2,(H,17,18)/p-1. The van der Waals surface area contributed by atoms with E-state index >= 15 is 0 Å². The molecule has 0 unspecified atom stereocenters. The van der Waals surface area contributed by atoms with Crippen LogP contribution in [0.5, 0.6) is 0 Å². The van der Waals surface area contributed by atoms with Crippen LogP contribution in [0.1, 0.15) is 21.5 Å². The summed E-state index contributed by atoms with van der Waals surface area (Å²) in [5.41, 5.74) is 8.26. The highest BCUT2D eigenvalue weighted by molar-refractivity contribution is 5.92. The van der Waals surface area contributed by atoms with Crippen molar-refractivity contribution < 1.29 is 9.90 Å². The number of hydrogen-bond acceptors (Lipinski definition) is 3. The molecule has 18 heavy (non-hydrogen) atoms. The quantitative estimate of drug-likeness (QED) is 0.822. The predicted octanol–water partition coefficient (Wildman–Crippen LogP) is 1.42. The van der Waals surface area contributed by atoms with Crippen LogP contribution in [-0.2, 0) is 12.8 Å². The Morgan fingerprint density at radius 3 is 2.39 bits per heavy atom. The molecule has 0 aliphatic heterocycles. The molecule has 0 aliphatic rings. The molecule has 0 bridgehead atoms. The molecule has 2 N–H and O–H groups in total. The van der Waals surface area contributed by atoms with E-state index in [1.165, 1.54) is 11.6 Å². The number of para-hydroxylation sites is 1. The average Bonchev–Trinajstić information content (AvgIpc) is 2.38. The summed E-state index contributed by atoms with van der Waals surface area (Å²) >= 11 is 0. The third kappa shape index (κ3) is 2.69. The van der Waals surface area contributed by atoms with Crippen LogP contribution in [0.2, 0.25) is 0 Å². The van der Waals surface area contributed by atoms with E-state index in [0.29, 0.717) is 5.69 Å². The van der Waals surface area contributed by atoms with Crippen molar-refractivity contribution in [3.63, 3.8) is 0 Å². The number of aromatic carboxylic acids is 1. The largest absolute Gasteiger partial charge is 0.545 e. The van der Waals surface area contributed by atoms with Crippen LogP contribution in [0, 0.1) is 0 Å². The Labute approximate surface area is 106 Å². The SMILES string of the molecule is Nc1c(CCc2ccccc2)cccc1C(=O)[O-]. The van der Waals surface area contributed by atoms with Crippen molar-refractivity contribution in [1.82, 2.24) is 0 Å². The third-order valence-electron chi connectivity index (χ3n) is 2.94. The van der Waals surface area contributed by atoms with Crippen LogP contribution in [0.3, 0.4) is 0 Å². The van der Waals surface area contributed by atoms with Gasteiger partial charge in [-0.05, 0) is 24.0 Å². The van der Waals surface area contributed by atoms with Gasteiger partial charge in [-0.3, -0.25) is 0 Å². The number of carbonyl (C=O) groups excluding carboxylic acids is 1. The normalized spacial score (nSPS) is 10.2. The molecule has 0 fully saturated rings. The van der Waals surface area contributed by atoms with Crippen LogP contribution >= 0.6 is 0 Å². The lowest BCUT2D eigenvalue weighted by Gasteiger charge is -2.11. The monoisotopic (exact) mass is 240 g/mol. The van der Waals surface area contributed by atoms with Crippen molar-refractivity contribution in [3.8, 4) is 0 Å². The second-order valence-electron chi connectivity index (χ2n) is 4.15. The van der Waals surface area contributed by atoms with Crippen molar-refractivity contribution in [2.45, 2.75) is 12.8 Å². The van der Waals surface area contributed by atoms with Gasteiger partial charge in [-0.2, -0.15) is 0 Å². The number of carbonyl (C=O) groups is 1. The van der Waals surface area contributed by atoms with Crippen molar-refractivity contribution in [2.24, 2.45) is 0 Å². The summed E-state index contributed by atoms with van der Waals surface area (Å²) < 4.78 is 0. The van der Waals surface area contributed by atoms with Gasteiger partial charge in [-0.25, -0.2) is 0 Å². The van der Waals surface area contributed by atoms with Crippen LogP contribution in [0.25, 0.3) is 0 Å². The molecule has 0 radical (unpaired) electrons. The smallest absolute Gasteiger partial charge is 0.0736 e. The summed E-state index contributed by atoms with van der Waals surface area (Å²) in [6.45, 7) is 0. The van der Waals surface area contributed by atoms with Gasteiger partial charge in [-0.1, -0.05) is 48.5 Å². The fourth-order valence-electron chi connectivity index (χ4n) is 1.93. The molecule has 0 saturated carbocycles. The highest BCUT2D eigenvalue weighted by Gasteiger charge is 2.05. The molecular weight excluding hydrogens is 226 g/mol. The molecule has 0 aliphatic carbocycles. The Morgan fingerprint density at radius 2 is 1.72 bits per heavy atom. The van der Waals surface area contributed by atoms with Gasteiger partial charge in [0, 0.05) is 11.3 Å². The van der Waals surface area contributed by atoms with Gasteiger partial charge in [0.25, 0.3) is 0 Å². The molecule has 0 atom stereocenters. The Bertz CT molecular complexity index is 550. The molecule has 0 saturated heterocycles. The van der Waals surface area contributed by atoms with E-state index in [1.54, 1.807) is 6.07 Å². The lowest BCUT2D eigenvalue weighted by molar-refractivity contribution is -0.254. The van der Waals surface area contributed by atoms with Crippen LogP contribution in [0.4, 0.5) is 5.69 Å². The maximum Gasteiger partial charge on any atom is 0.0736 e. The molecule has 0 aromatic heterocycles. The summed E-state index contributed by atoms with van der Waals surface area (Å²) in [7, 11) is 0. The summed E-state index contributed by atoms with van der Waals surface area (Å²) in [6, 6.07) is 15.0. The first-order valence-electron chi connectivity index (χ1n) is 5.81. The summed E-state index contributed by atoms with van der Waals surface area (Å²) in [4.78, 5) is 10.9. The van der Waals surface area contributed by atoms with E-state index in [9.17, 15) is 9.90 Å². The average molecular weight is 240 g/mol. The maximum atomic E-state index is 10.9. The Morgan fingerprint density at radius 1 is 1.00 bits per heavy atom. The molecule has 2 aromatic carbocycles. The number of hydrogen-bond donors (Lipinski definition) is 1. The van der Waals surface area contributed by atoms with Crippen LogP contribution in [-0.4, -0.2) is 5.97 Å². The number of aryl methyl sites for hydroxylation is 2. The van der Waals surface area contributed by atoms with Crippen LogP contribution < -0.4 is 10.8 Å². The van der Waals surface area contributed by atoms with Gasteiger partial charge in [0.05, 0.1) is 5.97 Å². The van der Waals surface area contributed by atoms with Gasteiger partial charge >= 0.3 is 0 Å². The molecule has 2 rings (SSSR count). The van der Waals surface area contributed by atoms with E-state index in [2.05, 4.69) is 0 Å². The van der Waals surface area contributed by atoms with Gasteiger partial charge < -0.3 is 15.6 Å². The first-order valence-corrected chi connectivity index (χ1v) is 5.81. The van der Waals surface area contributed by atoms with E-state index < -0.39 is 5.97 Å². The maximum absolute atomic E-state index is 10.9. The summed E-state index contributed by atoms with van der Waals surface area (Å²) in [6.07, 6.45) is 1.55. The number of anilines is 1. The zero-order valence-electron chi connectivity index (χ0n) is 9.93. The van der Waals surface area contributed by atoms with Crippen molar-refractivity contribution >= 4 is 11.7 Å². The Balaban J connectivity index is 2.15. The molecule has 3 nitrogen and oxygen atoms in total. The van der Waals surface area contributed by atoms with E-state index in [1.807, 2.05) is 36.4 Å². The number of rotatable bonds is 4. The molecule has 2 aromatic rings. The van der Waals surface area contributed by atoms with Gasteiger partial charge in [0.1, 0.15) is 0 Å². The lowest BCUT2D eigenvalue weighted by atomic mass is 10.0. The lowest BCUT2D eigenvalue weighted by Crippen LogP contribution is -2.24. The number of benzene rings is 2. The van der Waals surface area contributed by atoms with Crippen molar-refractivity contribution in [2.75, 3.05) is 5.73 Å². The molecule has 92 valence electrons. The Kier molecular flexibility index (Phi) is 3.63. The number of nitrogens with two attached hydrogens (primary N) is 1. The molecule has 0 amide bonds. The van der Waals surface area contributed by atoms with Crippen molar-refractivity contribution in [3.05, 3.63) is 65.2 Å². The highest BCUT2D eigenvalue weighted by Crippen LogP contribution is 2.19. The van der Waals surface area contributed by atoms with Crippen LogP contribution in [0.15, 0.2) is 48.5 Å². The zero-order chi connectivity index (χ0) is 13.0. The number of nitrogen functional groups attached to an aromatic ring is 1. The third-order valence-corrected chi connectivity index (χ3v) is 2.94. The minimum atomic E-state index is -1.23. The number of carboxylic acid groups (broad SMARTS) is 1. The summed E-state index contributed by atoms with van der Waals surface area (Å²) in [5, 5.41) is 10.9. The van der Waals surface area contributed by atoms with E-state index in [-0.39, 0.29) is 5.56 Å². The summed E-state index contributed by atoms with van der Waals surface area (Å²) in [5.74, 6) is -1.23. The first-order chi connectivity index (χ1) is 8.68. The minimum Gasteiger partial charge on any atom is -0.545 e. The van der Waals surface area contributed by atoms with E-state index in [4.69, 9.17) is 5.73 Å².